The number of nitrogens with zero attached hydrogens (tertiary/aromatic N) is 1. The largest absolute Gasteiger partial charge is 0.396 e. The Morgan fingerprint density at radius 1 is 1.12 bits per heavy atom. The monoisotopic (exact) mass is 225 g/mol. The highest BCUT2D eigenvalue weighted by atomic mass is 16.2. The minimum Gasteiger partial charge on any atom is -0.396 e. The van der Waals surface area contributed by atoms with Crippen LogP contribution in [0.5, 0.6) is 0 Å². The van der Waals surface area contributed by atoms with Crippen molar-refractivity contribution in [3.8, 4) is 0 Å². The van der Waals surface area contributed by atoms with Crippen molar-refractivity contribution >= 4 is 5.91 Å². The summed E-state index contributed by atoms with van der Waals surface area (Å²) >= 11 is 0. The molecule has 16 heavy (non-hydrogen) atoms. The Balaban J connectivity index is 3.63. The lowest BCUT2D eigenvalue weighted by molar-refractivity contribution is -0.125. The molecule has 0 fully saturated rings. The van der Waals surface area contributed by atoms with Crippen molar-refractivity contribution in [3.63, 3.8) is 0 Å². The number of hydrogen-bond acceptors (Lipinski definition) is 2. The van der Waals surface area contributed by atoms with E-state index in [0.29, 0.717) is 6.54 Å². The molecule has 1 amide bonds. The standard InChI is InChI=1S/C13H23NO2/c1-3-10-14(13(16)4-2)11-8-6-5-7-9-12-15/h3-4,15H,1-2,5-12H2. The molecular weight excluding hydrogens is 202 g/mol. The maximum absolute atomic E-state index is 11.4. The summed E-state index contributed by atoms with van der Waals surface area (Å²) in [6.07, 6.45) is 8.22. The maximum Gasteiger partial charge on any atom is 0.246 e. The lowest BCUT2D eigenvalue weighted by Crippen LogP contribution is -2.30. The molecule has 3 heteroatoms. The Bertz CT molecular complexity index is 214. The number of hydrogen-bond donors (Lipinski definition) is 1. The molecule has 0 atom stereocenters. The zero-order chi connectivity index (χ0) is 12.2. The second-order valence-corrected chi connectivity index (χ2v) is 3.77. The SMILES string of the molecule is C=CCN(CCCCCCCO)C(=O)C=C. The first-order chi connectivity index (χ1) is 7.76. The van der Waals surface area contributed by atoms with E-state index in [1.807, 2.05) is 0 Å². The smallest absolute Gasteiger partial charge is 0.246 e. The number of rotatable bonds is 10. The summed E-state index contributed by atoms with van der Waals surface area (Å²) < 4.78 is 0. The first-order valence-corrected chi connectivity index (χ1v) is 5.89. The van der Waals surface area contributed by atoms with Crippen LogP contribution in [0.3, 0.4) is 0 Å². The Labute approximate surface area is 98.5 Å². The van der Waals surface area contributed by atoms with Crippen molar-refractivity contribution in [3.05, 3.63) is 25.3 Å². The van der Waals surface area contributed by atoms with Crippen LogP contribution in [0.15, 0.2) is 25.3 Å². The second-order valence-electron chi connectivity index (χ2n) is 3.77. The number of carbonyl (C=O) groups excluding carboxylic acids is 1. The Kier molecular flexibility index (Phi) is 9.72. The molecule has 1 N–H and O–H groups in total. The summed E-state index contributed by atoms with van der Waals surface area (Å²) in [6, 6.07) is 0. The van der Waals surface area contributed by atoms with Gasteiger partial charge in [0.05, 0.1) is 0 Å². The minimum absolute atomic E-state index is 0.0322. The quantitative estimate of drug-likeness (QED) is 0.351. The van der Waals surface area contributed by atoms with Crippen molar-refractivity contribution in [2.75, 3.05) is 19.7 Å². The van der Waals surface area contributed by atoms with E-state index >= 15 is 0 Å². The molecule has 0 radical (unpaired) electrons. The fourth-order valence-electron chi connectivity index (χ4n) is 1.52. The molecule has 92 valence electrons. The summed E-state index contributed by atoms with van der Waals surface area (Å²) in [7, 11) is 0. The summed E-state index contributed by atoms with van der Waals surface area (Å²) in [5.74, 6) is -0.0322. The third-order valence-corrected chi connectivity index (χ3v) is 2.42. The molecule has 0 aromatic heterocycles. The third kappa shape index (κ3) is 7.23. The molecule has 0 bridgehead atoms. The lowest BCUT2D eigenvalue weighted by atomic mass is 10.1. The Morgan fingerprint density at radius 2 is 1.75 bits per heavy atom. The first kappa shape index (κ1) is 14.9. The number of amides is 1. The zero-order valence-corrected chi connectivity index (χ0v) is 10.0. The number of aliphatic hydroxyl groups is 1. The van der Waals surface area contributed by atoms with Crippen molar-refractivity contribution in [1.82, 2.24) is 4.90 Å². The summed E-state index contributed by atoms with van der Waals surface area (Å²) in [5, 5.41) is 8.61. The van der Waals surface area contributed by atoms with Gasteiger partial charge in [-0.25, -0.2) is 0 Å². The van der Waals surface area contributed by atoms with E-state index in [1.165, 1.54) is 6.08 Å². The van der Waals surface area contributed by atoms with Crippen molar-refractivity contribution < 1.29 is 9.90 Å². The molecule has 0 heterocycles. The molecule has 0 rings (SSSR count). The van der Waals surface area contributed by atoms with Gasteiger partial charge in [-0.2, -0.15) is 0 Å². The van der Waals surface area contributed by atoms with E-state index in [-0.39, 0.29) is 12.5 Å². The second kappa shape index (κ2) is 10.4. The molecular formula is C13H23NO2. The average Bonchev–Trinajstić information content (AvgIpc) is 2.31. The van der Waals surface area contributed by atoms with Crippen LogP contribution in [-0.2, 0) is 4.79 Å². The van der Waals surface area contributed by atoms with E-state index in [4.69, 9.17) is 5.11 Å². The number of unbranched alkanes of at least 4 members (excludes halogenated alkanes) is 4. The fraction of sp³-hybridized carbons (Fsp3) is 0.615. The van der Waals surface area contributed by atoms with E-state index in [0.717, 1.165) is 38.6 Å². The van der Waals surface area contributed by atoms with Crippen LogP contribution in [-0.4, -0.2) is 35.6 Å². The normalized spacial score (nSPS) is 9.81. The van der Waals surface area contributed by atoms with Gasteiger partial charge in [0, 0.05) is 19.7 Å². The summed E-state index contributed by atoms with van der Waals surface area (Å²) in [4.78, 5) is 13.1. The van der Waals surface area contributed by atoms with Gasteiger partial charge < -0.3 is 10.0 Å². The van der Waals surface area contributed by atoms with Crippen molar-refractivity contribution in [1.29, 1.82) is 0 Å². The van der Waals surface area contributed by atoms with Crippen LogP contribution in [0.4, 0.5) is 0 Å². The molecule has 0 saturated heterocycles. The first-order valence-electron chi connectivity index (χ1n) is 5.89. The predicted molar refractivity (Wildman–Crippen MR) is 67.1 cm³/mol. The highest BCUT2D eigenvalue weighted by molar-refractivity contribution is 5.87. The van der Waals surface area contributed by atoms with E-state index < -0.39 is 0 Å². The molecule has 0 spiro atoms. The summed E-state index contributed by atoms with van der Waals surface area (Å²) in [6.45, 7) is 8.73. The molecule has 3 nitrogen and oxygen atoms in total. The van der Waals surface area contributed by atoms with Gasteiger partial charge in [-0.15, -0.1) is 6.58 Å². The van der Waals surface area contributed by atoms with Gasteiger partial charge in [-0.1, -0.05) is 31.9 Å². The fourth-order valence-corrected chi connectivity index (χ4v) is 1.52. The molecule has 0 aromatic carbocycles. The number of aliphatic hydroxyl groups excluding tert-OH is 1. The Morgan fingerprint density at radius 3 is 2.31 bits per heavy atom. The van der Waals surface area contributed by atoms with Gasteiger partial charge >= 0.3 is 0 Å². The van der Waals surface area contributed by atoms with Gasteiger partial charge in [-0.05, 0) is 18.9 Å². The van der Waals surface area contributed by atoms with Gasteiger partial charge in [0.2, 0.25) is 5.91 Å². The summed E-state index contributed by atoms with van der Waals surface area (Å²) in [5.41, 5.74) is 0. The van der Waals surface area contributed by atoms with Crippen LogP contribution in [0.2, 0.25) is 0 Å². The minimum atomic E-state index is -0.0322. The van der Waals surface area contributed by atoms with E-state index in [1.54, 1.807) is 11.0 Å². The van der Waals surface area contributed by atoms with E-state index in [9.17, 15) is 4.79 Å². The van der Waals surface area contributed by atoms with Crippen molar-refractivity contribution in [2.24, 2.45) is 0 Å². The van der Waals surface area contributed by atoms with Gasteiger partial charge in [0.25, 0.3) is 0 Å². The van der Waals surface area contributed by atoms with Crippen LogP contribution < -0.4 is 0 Å². The predicted octanol–water partition coefficient (Wildman–Crippen LogP) is 2.13. The maximum atomic E-state index is 11.4. The topological polar surface area (TPSA) is 40.5 Å². The zero-order valence-electron chi connectivity index (χ0n) is 10.0. The van der Waals surface area contributed by atoms with Crippen molar-refractivity contribution in [2.45, 2.75) is 32.1 Å². The highest BCUT2D eigenvalue weighted by Gasteiger charge is 2.06. The lowest BCUT2D eigenvalue weighted by Gasteiger charge is -2.19. The Hall–Kier alpha value is -1.09. The molecule has 0 aliphatic heterocycles. The molecule has 0 saturated carbocycles. The van der Waals surface area contributed by atoms with Gasteiger partial charge in [0.1, 0.15) is 0 Å². The van der Waals surface area contributed by atoms with Crippen LogP contribution >= 0.6 is 0 Å². The molecule has 0 aliphatic carbocycles. The molecule has 0 aromatic rings. The molecule has 0 unspecified atom stereocenters. The van der Waals surface area contributed by atoms with Gasteiger partial charge in [0.15, 0.2) is 0 Å². The highest BCUT2D eigenvalue weighted by Crippen LogP contribution is 2.04. The molecule has 0 aliphatic rings. The third-order valence-electron chi connectivity index (χ3n) is 2.42. The average molecular weight is 225 g/mol. The van der Waals surface area contributed by atoms with Crippen LogP contribution in [0.25, 0.3) is 0 Å². The number of carbonyl (C=O) groups is 1. The van der Waals surface area contributed by atoms with E-state index in [2.05, 4.69) is 13.2 Å². The van der Waals surface area contributed by atoms with Gasteiger partial charge in [-0.3, -0.25) is 4.79 Å². The van der Waals surface area contributed by atoms with Crippen LogP contribution in [0, 0.1) is 0 Å². The van der Waals surface area contributed by atoms with Crippen LogP contribution in [0.1, 0.15) is 32.1 Å².